The van der Waals surface area contributed by atoms with Gasteiger partial charge in [0.05, 0.1) is 19.1 Å². The highest BCUT2D eigenvalue weighted by atomic mass is 32.2. The van der Waals surface area contributed by atoms with Gasteiger partial charge in [-0.15, -0.1) is 0 Å². The van der Waals surface area contributed by atoms with Crippen LogP contribution in [0.25, 0.3) is 0 Å². The Morgan fingerprint density at radius 1 is 1.48 bits per heavy atom. The van der Waals surface area contributed by atoms with Gasteiger partial charge < -0.3 is 10.3 Å². The minimum atomic E-state index is -3.69. The fourth-order valence-electron chi connectivity index (χ4n) is 2.62. The van der Waals surface area contributed by atoms with Gasteiger partial charge in [0, 0.05) is 13.1 Å². The number of H-pyrrole nitrogens is 1. The number of aromatic nitrogens is 2. The summed E-state index contributed by atoms with van der Waals surface area (Å²) in [6.07, 6.45) is 6.90. The van der Waals surface area contributed by atoms with Crippen molar-refractivity contribution in [1.29, 1.82) is 0 Å². The number of hydrogen-bond donors (Lipinski definition) is 2. The summed E-state index contributed by atoms with van der Waals surface area (Å²) in [4.78, 5) is 18.3. The van der Waals surface area contributed by atoms with Crippen LogP contribution < -0.4 is 5.32 Å². The van der Waals surface area contributed by atoms with Gasteiger partial charge in [0.2, 0.25) is 5.91 Å². The first kappa shape index (κ1) is 16.0. The van der Waals surface area contributed by atoms with Crippen LogP contribution in [0.5, 0.6) is 0 Å². The molecule has 2 N–H and O–H groups in total. The molecule has 1 fully saturated rings. The van der Waals surface area contributed by atoms with Gasteiger partial charge in [0.1, 0.15) is 0 Å². The number of rotatable bonds is 5. The lowest BCUT2D eigenvalue weighted by molar-refractivity contribution is -0.122. The monoisotopic (exact) mass is 314 g/mol. The lowest BCUT2D eigenvalue weighted by Crippen LogP contribution is -2.46. The van der Waals surface area contributed by atoms with Crippen LogP contribution in [0.1, 0.15) is 32.6 Å². The predicted octanol–water partition coefficient (Wildman–Crippen LogP) is 0.725. The van der Waals surface area contributed by atoms with Gasteiger partial charge in [-0.25, -0.2) is 13.4 Å². The molecule has 2 unspecified atom stereocenters. The summed E-state index contributed by atoms with van der Waals surface area (Å²) in [6.45, 7) is 1.93. The molecule has 0 spiro atoms. The Morgan fingerprint density at radius 2 is 2.19 bits per heavy atom. The molecule has 1 heterocycles. The molecule has 1 aliphatic rings. The Balaban J connectivity index is 1.93. The molecule has 1 amide bonds. The SMILES string of the molecule is CC1CCCCC1NC(=O)CN(C)S(=O)(=O)c1cnc[nH]1. The van der Waals surface area contributed by atoms with Gasteiger partial charge in [-0.3, -0.25) is 4.79 Å². The van der Waals surface area contributed by atoms with Crippen LogP contribution in [0.3, 0.4) is 0 Å². The lowest BCUT2D eigenvalue weighted by atomic mass is 9.86. The van der Waals surface area contributed by atoms with Crippen LogP contribution >= 0.6 is 0 Å². The molecular formula is C13H22N4O3S. The molecule has 1 aliphatic carbocycles. The van der Waals surface area contributed by atoms with E-state index < -0.39 is 10.0 Å². The average molecular weight is 314 g/mol. The van der Waals surface area contributed by atoms with Gasteiger partial charge in [0.25, 0.3) is 10.0 Å². The van der Waals surface area contributed by atoms with E-state index in [1.165, 1.54) is 26.0 Å². The standard InChI is InChI=1S/C13H22N4O3S/c1-10-5-3-4-6-11(10)16-12(18)8-17(2)21(19,20)13-7-14-9-15-13/h7,9-11H,3-6,8H2,1-2H3,(H,14,15)(H,16,18). The number of likely N-dealkylation sites (N-methyl/N-ethyl adjacent to an activating group) is 1. The summed E-state index contributed by atoms with van der Waals surface area (Å²) >= 11 is 0. The van der Waals surface area contributed by atoms with E-state index in [0.29, 0.717) is 5.92 Å². The molecule has 0 aliphatic heterocycles. The molecule has 1 aromatic heterocycles. The summed E-state index contributed by atoms with van der Waals surface area (Å²) in [5.41, 5.74) is 0. The average Bonchev–Trinajstić information content (AvgIpc) is 2.96. The first-order chi connectivity index (χ1) is 9.91. The van der Waals surface area contributed by atoms with Gasteiger partial charge in [-0.05, 0) is 18.8 Å². The Hall–Kier alpha value is -1.41. The zero-order valence-electron chi connectivity index (χ0n) is 12.4. The van der Waals surface area contributed by atoms with Gasteiger partial charge in [-0.1, -0.05) is 19.8 Å². The van der Waals surface area contributed by atoms with Crippen molar-refractivity contribution >= 4 is 15.9 Å². The summed E-state index contributed by atoms with van der Waals surface area (Å²) in [5, 5.41) is 2.94. The maximum atomic E-state index is 12.2. The van der Waals surface area contributed by atoms with Crippen molar-refractivity contribution in [3.8, 4) is 0 Å². The van der Waals surface area contributed by atoms with Crippen LogP contribution in [0.15, 0.2) is 17.6 Å². The number of imidazole rings is 1. The molecule has 8 heteroatoms. The van der Waals surface area contributed by atoms with Gasteiger partial charge in [-0.2, -0.15) is 4.31 Å². The van der Waals surface area contributed by atoms with Crippen molar-refractivity contribution in [3.63, 3.8) is 0 Å². The quantitative estimate of drug-likeness (QED) is 0.837. The Morgan fingerprint density at radius 3 is 2.81 bits per heavy atom. The van der Waals surface area contributed by atoms with Crippen LogP contribution in [0, 0.1) is 5.92 Å². The number of sulfonamides is 1. The molecule has 0 radical (unpaired) electrons. The normalized spacial score (nSPS) is 23.2. The number of carbonyl (C=O) groups excluding carboxylic acids is 1. The molecule has 21 heavy (non-hydrogen) atoms. The van der Waals surface area contributed by atoms with E-state index in [4.69, 9.17) is 0 Å². The number of aromatic amines is 1. The summed E-state index contributed by atoms with van der Waals surface area (Å²) < 4.78 is 25.4. The van der Waals surface area contributed by atoms with Gasteiger partial charge >= 0.3 is 0 Å². The number of hydrogen-bond acceptors (Lipinski definition) is 4. The van der Waals surface area contributed by atoms with Crippen molar-refractivity contribution < 1.29 is 13.2 Å². The zero-order chi connectivity index (χ0) is 15.5. The van der Waals surface area contributed by atoms with Crippen LogP contribution in [-0.2, 0) is 14.8 Å². The second kappa shape index (κ2) is 6.57. The molecule has 1 aromatic rings. The Labute approximate surface area is 125 Å². The van der Waals surface area contributed by atoms with Crippen LogP contribution in [0.2, 0.25) is 0 Å². The second-order valence-corrected chi connectivity index (χ2v) is 7.63. The molecule has 0 aromatic carbocycles. The van der Waals surface area contributed by atoms with E-state index in [2.05, 4.69) is 22.2 Å². The van der Waals surface area contributed by atoms with Crippen molar-refractivity contribution in [2.75, 3.05) is 13.6 Å². The minimum absolute atomic E-state index is 0.0103. The van der Waals surface area contributed by atoms with Crippen LogP contribution in [-0.4, -0.2) is 48.2 Å². The number of carbonyl (C=O) groups is 1. The highest BCUT2D eigenvalue weighted by molar-refractivity contribution is 7.89. The molecule has 2 atom stereocenters. The number of amides is 1. The number of nitrogens with one attached hydrogen (secondary N) is 2. The van der Waals surface area contributed by atoms with Crippen molar-refractivity contribution in [1.82, 2.24) is 19.6 Å². The zero-order valence-corrected chi connectivity index (χ0v) is 13.2. The first-order valence-corrected chi connectivity index (χ1v) is 8.59. The van der Waals surface area contributed by atoms with Crippen molar-refractivity contribution in [2.45, 2.75) is 43.7 Å². The predicted molar refractivity (Wildman–Crippen MR) is 78.0 cm³/mol. The lowest BCUT2D eigenvalue weighted by Gasteiger charge is -2.30. The summed E-state index contributed by atoms with van der Waals surface area (Å²) in [7, 11) is -2.30. The third-order valence-electron chi connectivity index (χ3n) is 3.99. The van der Waals surface area contributed by atoms with E-state index in [0.717, 1.165) is 23.6 Å². The molecular weight excluding hydrogens is 292 g/mol. The van der Waals surface area contributed by atoms with E-state index in [1.54, 1.807) is 0 Å². The highest BCUT2D eigenvalue weighted by Gasteiger charge is 2.27. The maximum Gasteiger partial charge on any atom is 0.260 e. The molecule has 0 saturated heterocycles. The molecule has 7 nitrogen and oxygen atoms in total. The minimum Gasteiger partial charge on any atom is -0.352 e. The molecule has 0 bridgehead atoms. The second-order valence-electron chi connectivity index (χ2n) is 5.61. The largest absolute Gasteiger partial charge is 0.352 e. The topological polar surface area (TPSA) is 95.2 Å². The fraction of sp³-hybridized carbons (Fsp3) is 0.692. The highest BCUT2D eigenvalue weighted by Crippen LogP contribution is 2.23. The van der Waals surface area contributed by atoms with E-state index in [9.17, 15) is 13.2 Å². The van der Waals surface area contributed by atoms with Crippen LogP contribution in [0.4, 0.5) is 0 Å². The molecule has 2 rings (SSSR count). The fourth-order valence-corrected chi connectivity index (χ4v) is 3.64. The Kier molecular flexibility index (Phi) is 5.00. The smallest absolute Gasteiger partial charge is 0.260 e. The van der Waals surface area contributed by atoms with E-state index >= 15 is 0 Å². The number of nitrogens with zero attached hydrogens (tertiary/aromatic N) is 2. The summed E-state index contributed by atoms with van der Waals surface area (Å²) in [6, 6.07) is 0.148. The molecule has 118 valence electrons. The third kappa shape index (κ3) is 3.82. The first-order valence-electron chi connectivity index (χ1n) is 7.15. The maximum absolute atomic E-state index is 12.2. The van der Waals surface area contributed by atoms with Crippen molar-refractivity contribution in [3.05, 3.63) is 12.5 Å². The van der Waals surface area contributed by atoms with E-state index in [-0.39, 0.29) is 23.5 Å². The summed E-state index contributed by atoms with van der Waals surface area (Å²) in [5.74, 6) is 0.177. The third-order valence-corrected chi connectivity index (χ3v) is 5.71. The Bertz CT molecular complexity index is 570. The van der Waals surface area contributed by atoms with Gasteiger partial charge in [0.15, 0.2) is 5.03 Å². The van der Waals surface area contributed by atoms with Crippen molar-refractivity contribution in [2.24, 2.45) is 5.92 Å². The van der Waals surface area contributed by atoms with E-state index in [1.807, 2.05) is 0 Å². The molecule has 1 saturated carbocycles.